The van der Waals surface area contributed by atoms with E-state index in [4.69, 9.17) is 16.3 Å². The molecule has 164 valence electrons. The summed E-state index contributed by atoms with van der Waals surface area (Å²) in [6.45, 7) is 0. The van der Waals surface area contributed by atoms with Gasteiger partial charge in [-0.1, -0.05) is 11.6 Å². The van der Waals surface area contributed by atoms with E-state index in [1.54, 1.807) is 41.6 Å². The summed E-state index contributed by atoms with van der Waals surface area (Å²) in [5, 5.41) is 6.51. The summed E-state index contributed by atoms with van der Waals surface area (Å²) in [6.07, 6.45) is 7.39. The highest BCUT2D eigenvalue weighted by Crippen LogP contribution is 2.40. The fourth-order valence-corrected chi connectivity index (χ4v) is 3.92. The standard InChI is InChI=1S/C22H22ClN7O2/c1-24-17-9-14(6-7-25-17)32-16-10-26-20-19(18(16)23)30(3)22(28-20)27-15-8-13(12-4-5-12)11-29(2)21(15)31/h6-12H,4-5H2,1-3H3,(H,24,25)(H,26,27,28). The first-order valence-electron chi connectivity index (χ1n) is 10.2. The van der Waals surface area contributed by atoms with Gasteiger partial charge in [0.1, 0.15) is 27.8 Å². The van der Waals surface area contributed by atoms with Crippen LogP contribution in [0.3, 0.4) is 0 Å². The molecule has 32 heavy (non-hydrogen) atoms. The topological polar surface area (TPSA) is 98.9 Å². The lowest BCUT2D eigenvalue weighted by atomic mass is 10.2. The maximum atomic E-state index is 12.7. The fourth-order valence-electron chi connectivity index (χ4n) is 3.62. The first-order chi connectivity index (χ1) is 15.4. The quantitative estimate of drug-likeness (QED) is 0.454. The maximum Gasteiger partial charge on any atom is 0.274 e. The minimum atomic E-state index is -0.123. The molecule has 10 heteroatoms. The van der Waals surface area contributed by atoms with Crippen LogP contribution in [0.4, 0.5) is 17.5 Å². The Morgan fingerprint density at radius 1 is 1.22 bits per heavy atom. The summed E-state index contributed by atoms with van der Waals surface area (Å²) in [5.41, 5.74) is 2.55. The SMILES string of the molecule is CNc1cc(Oc2cnc3nc(Nc4cc(C5CC5)cn(C)c4=O)n(C)c3c2Cl)ccn1. The van der Waals surface area contributed by atoms with Crippen molar-refractivity contribution in [2.45, 2.75) is 18.8 Å². The average Bonchev–Trinajstić information content (AvgIpc) is 3.58. The van der Waals surface area contributed by atoms with Gasteiger partial charge in [0.25, 0.3) is 5.56 Å². The summed E-state index contributed by atoms with van der Waals surface area (Å²) >= 11 is 6.67. The Hall–Kier alpha value is -3.59. The molecule has 4 heterocycles. The van der Waals surface area contributed by atoms with Gasteiger partial charge in [0, 0.05) is 39.6 Å². The number of rotatable bonds is 6. The van der Waals surface area contributed by atoms with E-state index in [0.29, 0.717) is 51.1 Å². The van der Waals surface area contributed by atoms with Crippen LogP contribution in [-0.2, 0) is 14.1 Å². The molecule has 0 unspecified atom stereocenters. The van der Waals surface area contributed by atoms with Gasteiger partial charge in [-0.25, -0.2) is 9.97 Å². The van der Waals surface area contributed by atoms with Gasteiger partial charge in [-0.05, 0) is 36.5 Å². The lowest BCUT2D eigenvalue weighted by Crippen LogP contribution is -2.20. The van der Waals surface area contributed by atoms with Crippen molar-refractivity contribution in [3.05, 3.63) is 57.7 Å². The van der Waals surface area contributed by atoms with E-state index in [-0.39, 0.29) is 5.56 Å². The lowest BCUT2D eigenvalue weighted by Gasteiger charge is -2.11. The van der Waals surface area contributed by atoms with E-state index in [9.17, 15) is 4.79 Å². The zero-order chi connectivity index (χ0) is 22.4. The van der Waals surface area contributed by atoms with Crippen molar-refractivity contribution >= 4 is 40.2 Å². The van der Waals surface area contributed by atoms with Gasteiger partial charge in [-0.2, -0.15) is 4.98 Å². The second kappa shape index (κ2) is 7.83. The van der Waals surface area contributed by atoms with Crippen molar-refractivity contribution in [1.82, 2.24) is 24.1 Å². The normalized spacial score (nSPS) is 13.4. The number of hydrogen-bond donors (Lipinski definition) is 2. The minimum Gasteiger partial charge on any atom is -0.454 e. The summed E-state index contributed by atoms with van der Waals surface area (Å²) in [6, 6.07) is 5.41. The van der Waals surface area contributed by atoms with Gasteiger partial charge in [-0.3, -0.25) is 4.79 Å². The van der Waals surface area contributed by atoms with Crippen LogP contribution in [0.1, 0.15) is 24.3 Å². The Morgan fingerprint density at radius 3 is 2.78 bits per heavy atom. The van der Waals surface area contributed by atoms with E-state index < -0.39 is 0 Å². The Morgan fingerprint density at radius 2 is 2.03 bits per heavy atom. The molecule has 0 saturated heterocycles. The van der Waals surface area contributed by atoms with Crippen LogP contribution >= 0.6 is 11.6 Å². The van der Waals surface area contributed by atoms with Gasteiger partial charge in [-0.15, -0.1) is 0 Å². The minimum absolute atomic E-state index is 0.123. The predicted octanol–water partition coefficient (Wildman–Crippen LogP) is 4.17. The molecule has 4 aromatic rings. The molecule has 1 saturated carbocycles. The van der Waals surface area contributed by atoms with E-state index in [1.807, 2.05) is 19.3 Å². The molecule has 1 aliphatic carbocycles. The number of hydrogen-bond acceptors (Lipinski definition) is 7. The van der Waals surface area contributed by atoms with Crippen LogP contribution in [0.15, 0.2) is 41.6 Å². The average molecular weight is 452 g/mol. The fraction of sp³-hybridized carbons (Fsp3) is 0.273. The molecule has 0 aliphatic heterocycles. The van der Waals surface area contributed by atoms with Crippen LogP contribution in [0.5, 0.6) is 11.5 Å². The molecule has 0 atom stereocenters. The monoisotopic (exact) mass is 451 g/mol. The number of pyridine rings is 3. The number of aryl methyl sites for hydroxylation is 2. The number of anilines is 3. The summed E-state index contributed by atoms with van der Waals surface area (Å²) in [5.74, 6) is 2.64. The summed E-state index contributed by atoms with van der Waals surface area (Å²) in [7, 11) is 5.36. The van der Waals surface area contributed by atoms with Crippen LogP contribution in [-0.4, -0.2) is 31.1 Å². The molecule has 1 fully saturated rings. The van der Waals surface area contributed by atoms with Crippen molar-refractivity contribution in [3.63, 3.8) is 0 Å². The molecule has 1 aliphatic rings. The molecule has 0 amide bonds. The Bertz CT molecular complexity index is 1390. The maximum absolute atomic E-state index is 12.7. The zero-order valence-corrected chi connectivity index (χ0v) is 18.6. The highest BCUT2D eigenvalue weighted by Gasteiger charge is 2.25. The smallest absolute Gasteiger partial charge is 0.274 e. The number of imidazole rings is 1. The highest BCUT2D eigenvalue weighted by atomic mass is 35.5. The molecule has 0 radical (unpaired) electrons. The van der Waals surface area contributed by atoms with Crippen LogP contribution in [0, 0.1) is 0 Å². The lowest BCUT2D eigenvalue weighted by molar-refractivity contribution is 0.481. The molecule has 2 N–H and O–H groups in total. The van der Waals surface area contributed by atoms with Crippen molar-refractivity contribution in [2.75, 3.05) is 17.7 Å². The Kier molecular flexibility index (Phi) is 4.97. The van der Waals surface area contributed by atoms with Gasteiger partial charge >= 0.3 is 0 Å². The predicted molar refractivity (Wildman–Crippen MR) is 124 cm³/mol. The second-order valence-electron chi connectivity index (χ2n) is 7.83. The van der Waals surface area contributed by atoms with Crippen molar-refractivity contribution in [3.8, 4) is 11.5 Å². The van der Waals surface area contributed by atoms with E-state index >= 15 is 0 Å². The van der Waals surface area contributed by atoms with Crippen LogP contribution in [0.25, 0.3) is 11.2 Å². The largest absolute Gasteiger partial charge is 0.454 e. The summed E-state index contributed by atoms with van der Waals surface area (Å²) in [4.78, 5) is 25.8. The molecule has 9 nitrogen and oxygen atoms in total. The van der Waals surface area contributed by atoms with E-state index in [1.165, 1.54) is 6.20 Å². The number of fused-ring (bicyclic) bond motifs is 1. The molecule has 0 aromatic carbocycles. The molecule has 4 aromatic heterocycles. The van der Waals surface area contributed by atoms with Crippen molar-refractivity contribution in [2.24, 2.45) is 14.1 Å². The molecule has 5 rings (SSSR count). The second-order valence-corrected chi connectivity index (χ2v) is 8.21. The van der Waals surface area contributed by atoms with E-state index in [0.717, 1.165) is 18.4 Å². The molecule has 0 bridgehead atoms. The van der Waals surface area contributed by atoms with Crippen molar-refractivity contribution < 1.29 is 4.74 Å². The molecular weight excluding hydrogens is 430 g/mol. The van der Waals surface area contributed by atoms with Crippen LogP contribution in [0.2, 0.25) is 5.02 Å². The van der Waals surface area contributed by atoms with Crippen LogP contribution < -0.4 is 20.9 Å². The molecule has 0 spiro atoms. The third-order valence-electron chi connectivity index (χ3n) is 5.52. The Balaban J connectivity index is 1.50. The third kappa shape index (κ3) is 3.64. The number of nitrogens with one attached hydrogen (secondary N) is 2. The van der Waals surface area contributed by atoms with Gasteiger partial charge in [0.05, 0.1) is 6.20 Å². The first-order valence-corrected chi connectivity index (χ1v) is 10.6. The Labute approximate surface area is 189 Å². The van der Waals surface area contributed by atoms with Gasteiger partial charge < -0.3 is 24.5 Å². The van der Waals surface area contributed by atoms with Gasteiger partial charge in [0.15, 0.2) is 11.4 Å². The number of ether oxygens (including phenoxy) is 1. The van der Waals surface area contributed by atoms with Crippen molar-refractivity contribution in [1.29, 1.82) is 0 Å². The first kappa shape index (κ1) is 20.3. The molecular formula is C22H22ClN7O2. The number of nitrogens with zero attached hydrogens (tertiary/aromatic N) is 5. The zero-order valence-electron chi connectivity index (χ0n) is 17.9. The summed E-state index contributed by atoms with van der Waals surface area (Å²) < 4.78 is 9.31. The van der Waals surface area contributed by atoms with Gasteiger partial charge in [0.2, 0.25) is 5.95 Å². The number of aromatic nitrogens is 5. The van der Waals surface area contributed by atoms with E-state index in [2.05, 4.69) is 25.6 Å². The third-order valence-corrected chi connectivity index (χ3v) is 5.89. The number of halogens is 1. The highest BCUT2D eigenvalue weighted by molar-refractivity contribution is 6.36.